The largest absolute Gasteiger partial charge is 0.545 e. The van der Waals surface area contributed by atoms with Crippen molar-refractivity contribution >= 4 is 17.6 Å². The van der Waals surface area contributed by atoms with Crippen LogP contribution in [0.5, 0.6) is 0 Å². The lowest BCUT2D eigenvalue weighted by Crippen LogP contribution is -2.29. The number of hydrogen-bond donors (Lipinski definition) is 0. The number of anilines is 1. The first-order valence-corrected chi connectivity index (χ1v) is 4.90. The van der Waals surface area contributed by atoms with Crippen LogP contribution in [0.25, 0.3) is 0 Å². The quantitative estimate of drug-likeness (QED) is 0.685. The number of likely N-dealkylation sites (N-methyl/N-ethyl adjacent to an activating group) is 1. The molecule has 0 saturated heterocycles. The summed E-state index contributed by atoms with van der Waals surface area (Å²) in [6, 6.07) is 9.04. The van der Waals surface area contributed by atoms with E-state index in [1.807, 2.05) is 25.1 Å². The van der Waals surface area contributed by atoms with Gasteiger partial charge < -0.3 is 14.8 Å². The predicted molar refractivity (Wildman–Crippen MR) is 58.6 cm³/mol. The highest BCUT2D eigenvalue weighted by Gasteiger charge is 2.09. The van der Waals surface area contributed by atoms with E-state index in [9.17, 15) is 14.7 Å². The van der Waals surface area contributed by atoms with Gasteiger partial charge in [-0.05, 0) is 25.1 Å². The maximum absolute atomic E-state index is 11.6. The molecule has 1 aromatic carbocycles. The molecule has 0 aliphatic carbocycles. The SMILES string of the molecule is CCN(C(=O)C=CC(=O)[O-])c1ccccc1. The zero-order valence-electron chi connectivity index (χ0n) is 8.92. The Hall–Kier alpha value is -2.10. The molecule has 0 fully saturated rings. The van der Waals surface area contributed by atoms with Crippen LogP contribution in [0.1, 0.15) is 6.92 Å². The van der Waals surface area contributed by atoms with Gasteiger partial charge in [-0.15, -0.1) is 0 Å². The number of amides is 1. The van der Waals surface area contributed by atoms with E-state index in [4.69, 9.17) is 0 Å². The number of hydrogen-bond acceptors (Lipinski definition) is 3. The van der Waals surface area contributed by atoms with Crippen LogP contribution in [-0.4, -0.2) is 18.4 Å². The van der Waals surface area contributed by atoms with Crippen molar-refractivity contribution in [3.63, 3.8) is 0 Å². The van der Waals surface area contributed by atoms with E-state index < -0.39 is 5.97 Å². The van der Waals surface area contributed by atoms with E-state index in [-0.39, 0.29) is 5.91 Å². The van der Waals surface area contributed by atoms with E-state index in [0.29, 0.717) is 6.54 Å². The molecular formula is C12H12NO3-. The molecule has 0 radical (unpaired) electrons. The molecule has 0 aliphatic rings. The van der Waals surface area contributed by atoms with Crippen molar-refractivity contribution in [2.75, 3.05) is 11.4 Å². The highest BCUT2D eigenvalue weighted by Crippen LogP contribution is 2.13. The van der Waals surface area contributed by atoms with Gasteiger partial charge in [0.05, 0.1) is 5.97 Å². The molecule has 4 nitrogen and oxygen atoms in total. The Bertz CT molecular complexity index is 398. The summed E-state index contributed by atoms with van der Waals surface area (Å²) in [7, 11) is 0. The summed E-state index contributed by atoms with van der Waals surface area (Å²) in [5.41, 5.74) is 0.734. The first-order valence-electron chi connectivity index (χ1n) is 4.90. The Morgan fingerprint density at radius 3 is 2.38 bits per heavy atom. The minimum Gasteiger partial charge on any atom is -0.545 e. The molecule has 0 atom stereocenters. The van der Waals surface area contributed by atoms with Gasteiger partial charge in [0.2, 0.25) is 0 Å². The number of carboxylic acids is 1. The van der Waals surface area contributed by atoms with Crippen molar-refractivity contribution < 1.29 is 14.7 Å². The van der Waals surface area contributed by atoms with Crippen molar-refractivity contribution in [1.29, 1.82) is 0 Å². The molecule has 0 aromatic heterocycles. The van der Waals surface area contributed by atoms with Gasteiger partial charge >= 0.3 is 0 Å². The van der Waals surface area contributed by atoms with Crippen molar-refractivity contribution in [3.05, 3.63) is 42.5 Å². The van der Waals surface area contributed by atoms with Gasteiger partial charge in [-0.3, -0.25) is 4.79 Å². The number of carboxylic acid groups (broad SMARTS) is 1. The maximum Gasteiger partial charge on any atom is 0.251 e. The third kappa shape index (κ3) is 3.24. The zero-order valence-corrected chi connectivity index (χ0v) is 8.92. The van der Waals surface area contributed by atoms with Gasteiger partial charge in [-0.2, -0.15) is 0 Å². The first-order chi connectivity index (χ1) is 7.65. The highest BCUT2D eigenvalue weighted by atomic mass is 16.4. The number of carbonyl (C=O) groups is 2. The summed E-state index contributed by atoms with van der Waals surface area (Å²) in [5, 5.41) is 10.2. The fraction of sp³-hybridized carbons (Fsp3) is 0.167. The molecule has 0 heterocycles. The molecule has 0 saturated carbocycles. The standard InChI is InChI=1S/C12H13NO3/c1-2-13(10-6-4-3-5-7-10)11(14)8-9-12(15)16/h3-9H,2H2,1H3,(H,15,16)/p-1. The topological polar surface area (TPSA) is 60.4 Å². The summed E-state index contributed by atoms with van der Waals surface area (Å²) < 4.78 is 0. The molecule has 0 aliphatic heterocycles. The summed E-state index contributed by atoms with van der Waals surface area (Å²) in [6.07, 6.45) is 1.72. The highest BCUT2D eigenvalue weighted by molar-refractivity contribution is 6.03. The predicted octanol–water partition coefficient (Wildman–Crippen LogP) is 0.346. The average Bonchev–Trinajstić information content (AvgIpc) is 2.29. The normalized spacial score (nSPS) is 10.3. The molecule has 4 heteroatoms. The fourth-order valence-electron chi connectivity index (χ4n) is 1.30. The van der Waals surface area contributed by atoms with Gasteiger partial charge in [0.25, 0.3) is 5.91 Å². The van der Waals surface area contributed by atoms with Gasteiger partial charge in [-0.1, -0.05) is 18.2 Å². The van der Waals surface area contributed by atoms with Crippen LogP contribution >= 0.6 is 0 Å². The van der Waals surface area contributed by atoms with Crippen molar-refractivity contribution in [2.24, 2.45) is 0 Å². The second-order valence-electron chi connectivity index (χ2n) is 3.07. The van der Waals surface area contributed by atoms with Gasteiger partial charge in [0.1, 0.15) is 0 Å². The lowest BCUT2D eigenvalue weighted by molar-refractivity contribution is -0.297. The van der Waals surface area contributed by atoms with E-state index in [1.165, 1.54) is 4.90 Å². The van der Waals surface area contributed by atoms with Crippen LogP contribution in [0.4, 0.5) is 5.69 Å². The van der Waals surface area contributed by atoms with Gasteiger partial charge in [0, 0.05) is 18.3 Å². The van der Waals surface area contributed by atoms with Gasteiger partial charge in [-0.25, -0.2) is 0 Å². The molecule has 16 heavy (non-hydrogen) atoms. The van der Waals surface area contributed by atoms with Crippen LogP contribution in [0, 0.1) is 0 Å². The number of carbonyl (C=O) groups excluding carboxylic acids is 2. The van der Waals surface area contributed by atoms with E-state index in [1.54, 1.807) is 12.1 Å². The second kappa shape index (κ2) is 5.70. The fourth-order valence-corrected chi connectivity index (χ4v) is 1.30. The summed E-state index contributed by atoms with van der Waals surface area (Å²) in [5.74, 6) is -1.75. The van der Waals surface area contributed by atoms with Crippen molar-refractivity contribution in [2.45, 2.75) is 6.92 Å². The molecule has 0 unspecified atom stereocenters. The first kappa shape index (κ1) is 12.0. The second-order valence-corrected chi connectivity index (χ2v) is 3.07. The Balaban J connectivity index is 2.83. The lowest BCUT2D eigenvalue weighted by atomic mass is 10.3. The average molecular weight is 218 g/mol. The van der Waals surface area contributed by atoms with Crippen molar-refractivity contribution in [3.8, 4) is 0 Å². The molecule has 1 amide bonds. The van der Waals surface area contributed by atoms with Crippen LogP contribution in [0.2, 0.25) is 0 Å². The van der Waals surface area contributed by atoms with E-state index in [2.05, 4.69) is 0 Å². The molecule has 1 rings (SSSR count). The third-order valence-corrected chi connectivity index (χ3v) is 2.01. The van der Waals surface area contributed by atoms with Gasteiger partial charge in [0.15, 0.2) is 0 Å². The molecule has 84 valence electrons. The molecule has 1 aromatic rings. The Labute approximate surface area is 93.8 Å². The van der Waals surface area contributed by atoms with E-state index >= 15 is 0 Å². The summed E-state index contributed by atoms with van der Waals surface area (Å²) >= 11 is 0. The van der Waals surface area contributed by atoms with E-state index in [0.717, 1.165) is 17.8 Å². The molecule has 0 N–H and O–H groups in total. The number of para-hydroxylation sites is 1. The smallest absolute Gasteiger partial charge is 0.251 e. The number of rotatable bonds is 4. The molecular weight excluding hydrogens is 206 g/mol. The maximum atomic E-state index is 11.6. The van der Waals surface area contributed by atoms with Crippen LogP contribution in [0.3, 0.4) is 0 Å². The van der Waals surface area contributed by atoms with Crippen LogP contribution < -0.4 is 10.0 Å². The number of aliphatic carboxylic acids is 1. The zero-order chi connectivity index (χ0) is 12.0. The van der Waals surface area contributed by atoms with Crippen molar-refractivity contribution in [1.82, 2.24) is 0 Å². The Morgan fingerprint density at radius 2 is 1.88 bits per heavy atom. The number of benzene rings is 1. The molecule has 0 spiro atoms. The summed E-state index contributed by atoms with van der Waals surface area (Å²) in [6.45, 7) is 2.29. The number of nitrogens with zero attached hydrogens (tertiary/aromatic N) is 1. The van der Waals surface area contributed by atoms with Crippen LogP contribution in [0.15, 0.2) is 42.5 Å². The van der Waals surface area contributed by atoms with Crippen LogP contribution in [-0.2, 0) is 9.59 Å². The third-order valence-electron chi connectivity index (χ3n) is 2.01. The monoisotopic (exact) mass is 218 g/mol. The molecule has 0 bridgehead atoms. The Kier molecular flexibility index (Phi) is 4.27. The Morgan fingerprint density at radius 1 is 1.25 bits per heavy atom. The summed E-state index contributed by atoms with van der Waals surface area (Å²) in [4.78, 5) is 23.3. The lowest BCUT2D eigenvalue weighted by Gasteiger charge is -2.19. The minimum absolute atomic E-state index is 0.377. The minimum atomic E-state index is -1.38.